The van der Waals surface area contributed by atoms with Crippen molar-refractivity contribution in [1.82, 2.24) is 0 Å². The summed E-state index contributed by atoms with van der Waals surface area (Å²) in [7, 11) is 0. The Kier molecular flexibility index (Phi) is 3.66. The lowest BCUT2D eigenvalue weighted by atomic mass is 10.1. The second-order valence-electron chi connectivity index (χ2n) is 5.03. The lowest BCUT2D eigenvalue weighted by Crippen LogP contribution is -2.23. The van der Waals surface area contributed by atoms with E-state index in [1.54, 1.807) is 0 Å². The van der Waals surface area contributed by atoms with E-state index in [4.69, 9.17) is 18.9 Å². The van der Waals surface area contributed by atoms with Crippen molar-refractivity contribution in [3.05, 3.63) is 44.8 Å². The molecule has 0 fully saturated rings. The number of hydrogen-bond acceptors (Lipinski definition) is 4. The molecule has 0 aliphatic carbocycles. The second kappa shape index (κ2) is 5.66. The number of hydrogen-bond donors (Lipinski definition) is 0. The number of benzene rings is 2. The summed E-state index contributed by atoms with van der Waals surface area (Å²) >= 11 is 7.03. The normalized spacial score (nSPS) is 18.9. The maximum Gasteiger partial charge on any atom is 0.163 e. The highest BCUT2D eigenvalue weighted by molar-refractivity contribution is 9.10. The Morgan fingerprint density at radius 1 is 0.818 bits per heavy atom. The molecule has 0 saturated carbocycles. The van der Waals surface area contributed by atoms with Gasteiger partial charge in [-0.3, -0.25) is 0 Å². The van der Waals surface area contributed by atoms with Gasteiger partial charge in [-0.15, -0.1) is 0 Å². The van der Waals surface area contributed by atoms with Gasteiger partial charge >= 0.3 is 0 Å². The number of ether oxygens (including phenoxy) is 4. The Hall–Kier alpha value is -1.40. The lowest BCUT2D eigenvalue weighted by Gasteiger charge is -2.28. The van der Waals surface area contributed by atoms with Crippen molar-refractivity contribution >= 4 is 31.9 Å². The summed E-state index contributed by atoms with van der Waals surface area (Å²) in [6, 6.07) is 9.61. The molecule has 114 valence electrons. The van der Waals surface area contributed by atoms with Crippen LogP contribution in [0.4, 0.5) is 0 Å². The summed E-state index contributed by atoms with van der Waals surface area (Å²) in [6.45, 7) is 1.59. The van der Waals surface area contributed by atoms with Crippen LogP contribution in [-0.4, -0.2) is 19.8 Å². The fourth-order valence-electron chi connectivity index (χ4n) is 2.53. The van der Waals surface area contributed by atoms with Gasteiger partial charge in [0.05, 0.1) is 0 Å². The number of fused-ring (bicyclic) bond motifs is 2. The molecule has 2 aliphatic heterocycles. The SMILES string of the molecule is Brc1ccc2c(c1)OC(c1cc3c(cc1Br)OCCO3)CO2. The molecule has 1 atom stereocenters. The first-order valence-corrected chi connectivity index (χ1v) is 8.47. The standard InChI is InChI=1S/C16H12Br2O4/c17-9-1-2-12-15(5-9)22-16(8-21-12)10-6-13-14(7-11(10)18)20-4-3-19-13/h1-2,5-7,16H,3-4,8H2. The molecule has 0 radical (unpaired) electrons. The molecule has 22 heavy (non-hydrogen) atoms. The molecule has 0 N–H and O–H groups in total. The second-order valence-corrected chi connectivity index (χ2v) is 6.80. The largest absolute Gasteiger partial charge is 0.486 e. The predicted molar refractivity (Wildman–Crippen MR) is 88.1 cm³/mol. The molecule has 2 heterocycles. The van der Waals surface area contributed by atoms with Crippen LogP contribution in [0.15, 0.2) is 39.3 Å². The van der Waals surface area contributed by atoms with Gasteiger partial charge in [0.2, 0.25) is 0 Å². The zero-order valence-corrected chi connectivity index (χ0v) is 14.6. The Labute approximate surface area is 144 Å². The predicted octanol–water partition coefficient (Wildman–Crippen LogP) is 4.50. The van der Waals surface area contributed by atoms with Crippen LogP contribution in [0.25, 0.3) is 0 Å². The van der Waals surface area contributed by atoms with Crippen molar-refractivity contribution in [1.29, 1.82) is 0 Å². The van der Waals surface area contributed by atoms with Gasteiger partial charge in [0.15, 0.2) is 29.1 Å². The molecule has 1 unspecified atom stereocenters. The molecule has 0 saturated heterocycles. The summed E-state index contributed by atoms with van der Waals surface area (Å²) in [5, 5.41) is 0. The van der Waals surface area contributed by atoms with Crippen LogP contribution in [0, 0.1) is 0 Å². The molecule has 2 aromatic carbocycles. The third-order valence-electron chi connectivity index (χ3n) is 3.57. The summed E-state index contributed by atoms with van der Waals surface area (Å²) in [6.07, 6.45) is -0.202. The molecule has 6 heteroatoms. The molecule has 0 spiro atoms. The van der Waals surface area contributed by atoms with E-state index in [2.05, 4.69) is 31.9 Å². The summed E-state index contributed by atoms with van der Waals surface area (Å²) in [5.41, 5.74) is 0.981. The third-order valence-corrected chi connectivity index (χ3v) is 4.75. The highest BCUT2D eigenvalue weighted by Gasteiger charge is 2.27. The minimum absolute atomic E-state index is 0.202. The van der Waals surface area contributed by atoms with E-state index in [9.17, 15) is 0 Å². The van der Waals surface area contributed by atoms with E-state index in [1.165, 1.54) is 0 Å². The molecule has 4 nitrogen and oxygen atoms in total. The van der Waals surface area contributed by atoms with E-state index in [0.29, 0.717) is 19.8 Å². The zero-order valence-electron chi connectivity index (χ0n) is 11.5. The van der Waals surface area contributed by atoms with E-state index >= 15 is 0 Å². The Morgan fingerprint density at radius 3 is 2.41 bits per heavy atom. The average molecular weight is 428 g/mol. The molecule has 0 bridgehead atoms. The maximum atomic E-state index is 6.09. The first kappa shape index (κ1) is 14.2. The number of rotatable bonds is 1. The van der Waals surface area contributed by atoms with E-state index in [1.807, 2.05) is 30.3 Å². The summed E-state index contributed by atoms with van der Waals surface area (Å²) in [4.78, 5) is 0. The zero-order chi connectivity index (χ0) is 15.1. The van der Waals surface area contributed by atoms with Crippen LogP contribution < -0.4 is 18.9 Å². The maximum absolute atomic E-state index is 6.09. The van der Waals surface area contributed by atoms with Crippen molar-refractivity contribution in [2.45, 2.75) is 6.10 Å². The molecular formula is C16H12Br2O4. The quantitative estimate of drug-likeness (QED) is 0.671. The Bertz CT molecular complexity index is 732. The van der Waals surface area contributed by atoms with Crippen LogP contribution in [0.3, 0.4) is 0 Å². The lowest BCUT2D eigenvalue weighted by molar-refractivity contribution is 0.0899. The minimum atomic E-state index is -0.202. The van der Waals surface area contributed by atoms with Gasteiger partial charge in [0.1, 0.15) is 19.8 Å². The van der Waals surface area contributed by atoms with Gasteiger partial charge in [-0.25, -0.2) is 0 Å². The monoisotopic (exact) mass is 426 g/mol. The minimum Gasteiger partial charge on any atom is -0.486 e. The van der Waals surface area contributed by atoms with Crippen molar-refractivity contribution in [2.75, 3.05) is 19.8 Å². The van der Waals surface area contributed by atoms with Gasteiger partial charge in [-0.1, -0.05) is 31.9 Å². The molecule has 2 aliphatic rings. The van der Waals surface area contributed by atoms with Crippen LogP contribution in [0.1, 0.15) is 11.7 Å². The number of halogens is 2. The highest BCUT2D eigenvalue weighted by atomic mass is 79.9. The fraction of sp³-hybridized carbons (Fsp3) is 0.250. The van der Waals surface area contributed by atoms with Crippen molar-refractivity contribution in [3.63, 3.8) is 0 Å². The van der Waals surface area contributed by atoms with E-state index in [0.717, 1.165) is 37.5 Å². The highest BCUT2D eigenvalue weighted by Crippen LogP contribution is 2.43. The van der Waals surface area contributed by atoms with Crippen molar-refractivity contribution in [2.24, 2.45) is 0 Å². The fourth-order valence-corrected chi connectivity index (χ4v) is 3.44. The summed E-state index contributed by atoms with van der Waals surface area (Å²) < 4.78 is 25.0. The van der Waals surface area contributed by atoms with Gasteiger partial charge in [-0.2, -0.15) is 0 Å². The van der Waals surface area contributed by atoms with Gasteiger partial charge in [0.25, 0.3) is 0 Å². The topological polar surface area (TPSA) is 36.9 Å². The molecule has 0 aromatic heterocycles. The molecule has 4 rings (SSSR count). The van der Waals surface area contributed by atoms with Gasteiger partial charge in [-0.05, 0) is 30.3 Å². The molecule has 0 amide bonds. The third kappa shape index (κ3) is 2.54. The molecular weight excluding hydrogens is 416 g/mol. The van der Waals surface area contributed by atoms with Crippen LogP contribution >= 0.6 is 31.9 Å². The van der Waals surface area contributed by atoms with Gasteiger partial charge in [0, 0.05) is 14.5 Å². The smallest absolute Gasteiger partial charge is 0.163 e. The van der Waals surface area contributed by atoms with Crippen molar-refractivity contribution < 1.29 is 18.9 Å². The van der Waals surface area contributed by atoms with Crippen LogP contribution in [0.5, 0.6) is 23.0 Å². The van der Waals surface area contributed by atoms with E-state index < -0.39 is 0 Å². The first-order valence-electron chi connectivity index (χ1n) is 6.89. The van der Waals surface area contributed by atoms with Crippen LogP contribution in [0.2, 0.25) is 0 Å². The van der Waals surface area contributed by atoms with Crippen LogP contribution in [-0.2, 0) is 0 Å². The first-order chi connectivity index (χ1) is 10.7. The molecule has 2 aromatic rings. The van der Waals surface area contributed by atoms with Crippen molar-refractivity contribution in [3.8, 4) is 23.0 Å². The Balaban J connectivity index is 1.68. The summed E-state index contributed by atoms with van der Waals surface area (Å²) in [5.74, 6) is 2.98. The average Bonchev–Trinajstić information content (AvgIpc) is 2.53. The van der Waals surface area contributed by atoms with E-state index in [-0.39, 0.29) is 6.10 Å². The van der Waals surface area contributed by atoms with Gasteiger partial charge < -0.3 is 18.9 Å². The Morgan fingerprint density at radius 2 is 1.59 bits per heavy atom.